The van der Waals surface area contributed by atoms with Gasteiger partial charge >= 0.3 is 0 Å². The van der Waals surface area contributed by atoms with Crippen LogP contribution in [0.25, 0.3) is 10.9 Å². The number of ether oxygens (including phenoxy) is 2. The van der Waals surface area contributed by atoms with E-state index in [1.165, 1.54) is 0 Å². The molecule has 0 aliphatic heterocycles. The molecule has 0 atom stereocenters. The third kappa shape index (κ3) is 1.37. The summed E-state index contributed by atoms with van der Waals surface area (Å²) in [5.41, 5.74) is 0.908. The lowest BCUT2D eigenvalue weighted by Crippen LogP contribution is -1.93. The van der Waals surface area contributed by atoms with Gasteiger partial charge in [0.05, 0.1) is 19.7 Å². The van der Waals surface area contributed by atoms with Gasteiger partial charge in [0, 0.05) is 5.39 Å². The summed E-state index contributed by atoms with van der Waals surface area (Å²) in [5.74, 6) is 1.18. The second-order valence-electron chi connectivity index (χ2n) is 2.89. The lowest BCUT2D eigenvalue weighted by molar-refractivity contribution is 0.345. The zero-order valence-electron chi connectivity index (χ0n) is 8.15. The monoisotopic (exact) mass is 189 g/mol. The molecule has 0 saturated heterocycles. The Labute approximate surface area is 82.3 Å². The average Bonchev–Trinajstić information content (AvgIpc) is 2.27. The van der Waals surface area contributed by atoms with Gasteiger partial charge in [-0.05, 0) is 12.1 Å². The van der Waals surface area contributed by atoms with Gasteiger partial charge in [0.2, 0.25) is 0 Å². The fourth-order valence-electron chi connectivity index (χ4n) is 1.37. The summed E-state index contributed by atoms with van der Waals surface area (Å²) < 4.78 is 10.3. The summed E-state index contributed by atoms with van der Waals surface area (Å²) >= 11 is 0. The van der Waals surface area contributed by atoms with Crippen molar-refractivity contribution in [3.63, 3.8) is 0 Å². The maximum atomic E-state index is 5.16. The fourth-order valence-corrected chi connectivity index (χ4v) is 1.37. The highest BCUT2D eigenvalue weighted by atomic mass is 16.5. The maximum Gasteiger partial charge on any atom is 0.257 e. The Morgan fingerprint density at radius 3 is 2.57 bits per heavy atom. The molecule has 0 N–H and O–H groups in total. The van der Waals surface area contributed by atoms with Crippen molar-refractivity contribution < 1.29 is 9.47 Å². The van der Waals surface area contributed by atoms with Crippen LogP contribution in [0.2, 0.25) is 0 Å². The molecule has 1 heterocycles. The number of benzene rings is 1. The lowest BCUT2D eigenvalue weighted by Gasteiger charge is -2.07. The van der Waals surface area contributed by atoms with E-state index in [9.17, 15) is 0 Å². The minimum atomic E-state index is 0.520. The number of rotatable bonds is 2. The van der Waals surface area contributed by atoms with Gasteiger partial charge in [-0.1, -0.05) is 18.2 Å². The van der Waals surface area contributed by atoms with Crippen molar-refractivity contribution in [2.75, 3.05) is 14.2 Å². The van der Waals surface area contributed by atoms with Gasteiger partial charge in [-0.25, -0.2) is 4.98 Å². The number of fused-ring (bicyclic) bond motifs is 1. The molecule has 2 rings (SSSR count). The minimum absolute atomic E-state index is 0.520. The zero-order valence-corrected chi connectivity index (χ0v) is 8.15. The number of hydrogen-bond acceptors (Lipinski definition) is 3. The first-order chi connectivity index (χ1) is 6.85. The molecule has 0 saturated carbocycles. The molecular weight excluding hydrogens is 178 g/mol. The SMILES string of the molecule is COc1cc2ccccc2nc1OC. The van der Waals surface area contributed by atoms with E-state index in [4.69, 9.17) is 9.47 Å². The Morgan fingerprint density at radius 2 is 1.86 bits per heavy atom. The molecule has 2 aromatic rings. The predicted molar refractivity (Wildman–Crippen MR) is 54.8 cm³/mol. The van der Waals surface area contributed by atoms with Gasteiger partial charge in [0.1, 0.15) is 0 Å². The largest absolute Gasteiger partial charge is 0.491 e. The first kappa shape index (κ1) is 8.81. The smallest absolute Gasteiger partial charge is 0.257 e. The first-order valence-electron chi connectivity index (χ1n) is 4.33. The average molecular weight is 189 g/mol. The van der Waals surface area contributed by atoms with Crippen molar-refractivity contribution in [3.05, 3.63) is 30.3 Å². The Hall–Kier alpha value is -1.77. The molecular formula is C11H11NO2. The molecule has 0 radical (unpaired) electrons. The topological polar surface area (TPSA) is 31.4 Å². The highest BCUT2D eigenvalue weighted by Crippen LogP contribution is 2.28. The third-order valence-corrected chi connectivity index (χ3v) is 2.07. The highest BCUT2D eigenvalue weighted by Gasteiger charge is 2.06. The first-order valence-corrected chi connectivity index (χ1v) is 4.33. The van der Waals surface area contributed by atoms with E-state index < -0.39 is 0 Å². The summed E-state index contributed by atoms with van der Waals surface area (Å²) in [4.78, 5) is 4.32. The molecule has 0 fully saturated rings. The second kappa shape index (κ2) is 3.54. The van der Waals surface area contributed by atoms with Crippen molar-refractivity contribution in [2.45, 2.75) is 0 Å². The zero-order chi connectivity index (χ0) is 9.97. The molecule has 0 aliphatic carbocycles. The summed E-state index contributed by atoms with van der Waals surface area (Å²) in [6.07, 6.45) is 0. The fraction of sp³-hybridized carbons (Fsp3) is 0.182. The van der Waals surface area contributed by atoms with Crippen LogP contribution >= 0.6 is 0 Å². The van der Waals surface area contributed by atoms with E-state index in [2.05, 4.69) is 4.98 Å². The van der Waals surface area contributed by atoms with Crippen LogP contribution in [0.3, 0.4) is 0 Å². The van der Waals surface area contributed by atoms with Crippen LogP contribution in [0.1, 0.15) is 0 Å². The molecule has 3 heteroatoms. The van der Waals surface area contributed by atoms with E-state index in [1.807, 2.05) is 30.3 Å². The van der Waals surface area contributed by atoms with Crippen molar-refractivity contribution >= 4 is 10.9 Å². The molecule has 0 amide bonds. The number of aromatic nitrogens is 1. The quantitative estimate of drug-likeness (QED) is 0.726. The standard InChI is InChI=1S/C11H11NO2/c1-13-10-7-8-5-3-4-6-9(8)12-11(10)14-2/h3-7H,1-2H3. The van der Waals surface area contributed by atoms with E-state index in [-0.39, 0.29) is 0 Å². The van der Waals surface area contributed by atoms with Crippen molar-refractivity contribution in [1.29, 1.82) is 0 Å². The summed E-state index contributed by atoms with van der Waals surface area (Å²) in [5, 5.41) is 1.05. The number of methoxy groups -OCH3 is 2. The molecule has 72 valence electrons. The summed E-state index contributed by atoms with van der Waals surface area (Å²) in [6, 6.07) is 9.76. The van der Waals surface area contributed by atoms with Crippen LogP contribution in [0, 0.1) is 0 Å². The van der Waals surface area contributed by atoms with E-state index in [1.54, 1.807) is 14.2 Å². The lowest BCUT2D eigenvalue weighted by atomic mass is 10.2. The molecule has 14 heavy (non-hydrogen) atoms. The molecule has 3 nitrogen and oxygen atoms in total. The Balaban J connectivity index is 2.69. The van der Waals surface area contributed by atoms with Crippen LogP contribution in [0.5, 0.6) is 11.6 Å². The number of para-hydroxylation sites is 1. The molecule has 0 bridgehead atoms. The van der Waals surface area contributed by atoms with Gasteiger partial charge in [0.25, 0.3) is 5.88 Å². The van der Waals surface area contributed by atoms with Gasteiger partial charge in [-0.15, -0.1) is 0 Å². The Bertz CT molecular complexity index is 411. The second-order valence-corrected chi connectivity index (χ2v) is 2.89. The summed E-state index contributed by atoms with van der Waals surface area (Å²) in [6.45, 7) is 0. The number of pyridine rings is 1. The normalized spacial score (nSPS) is 10.1. The van der Waals surface area contributed by atoms with Crippen molar-refractivity contribution in [2.24, 2.45) is 0 Å². The van der Waals surface area contributed by atoms with Crippen LogP contribution in [-0.2, 0) is 0 Å². The highest BCUT2D eigenvalue weighted by molar-refractivity contribution is 5.80. The number of nitrogens with zero attached hydrogens (tertiary/aromatic N) is 1. The number of hydrogen-bond donors (Lipinski definition) is 0. The van der Waals surface area contributed by atoms with Crippen molar-refractivity contribution in [1.82, 2.24) is 4.98 Å². The molecule has 0 aliphatic rings. The van der Waals surface area contributed by atoms with Crippen molar-refractivity contribution in [3.8, 4) is 11.6 Å². The van der Waals surface area contributed by atoms with E-state index >= 15 is 0 Å². The van der Waals surface area contributed by atoms with Gasteiger partial charge in [-0.3, -0.25) is 0 Å². The van der Waals surface area contributed by atoms with Crippen LogP contribution in [0.15, 0.2) is 30.3 Å². The Kier molecular flexibility index (Phi) is 2.23. The third-order valence-electron chi connectivity index (χ3n) is 2.07. The van der Waals surface area contributed by atoms with Crippen LogP contribution in [-0.4, -0.2) is 19.2 Å². The molecule has 1 aromatic carbocycles. The molecule has 0 unspecified atom stereocenters. The maximum absolute atomic E-state index is 5.16. The predicted octanol–water partition coefficient (Wildman–Crippen LogP) is 2.25. The van der Waals surface area contributed by atoms with E-state index in [0.717, 1.165) is 10.9 Å². The minimum Gasteiger partial charge on any atom is -0.491 e. The van der Waals surface area contributed by atoms with Gasteiger partial charge < -0.3 is 9.47 Å². The van der Waals surface area contributed by atoms with Gasteiger partial charge in [-0.2, -0.15) is 0 Å². The van der Waals surface area contributed by atoms with Crippen LogP contribution < -0.4 is 9.47 Å². The molecule has 0 spiro atoms. The Morgan fingerprint density at radius 1 is 1.07 bits per heavy atom. The van der Waals surface area contributed by atoms with Crippen LogP contribution in [0.4, 0.5) is 0 Å². The van der Waals surface area contributed by atoms with E-state index in [0.29, 0.717) is 11.6 Å². The summed E-state index contributed by atoms with van der Waals surface area (Å²) in [7, 11) is 3.19. The molecule has 1 aromatic heterocycles. The van der Waals surface area contributed by atoms with Gasteiger partial charge in [0.15, 0.2) is 5.75 Å².